The Bertz CT molecular complexity index is 1470. The zero-order valence-electron chi connectivity index (χ0n) is 20.2. The van der Waals surface area contributed by atoms with Gasteiger partial charge in [-0.25, -0.2) is 4.39 Å². The van der Waals surface area contributed by atoms with E-state index in [2.05, 4.69) is 19.1 Å². The second kappa shape index (κ2) is 8.42. The van der Waals surface area contributed by atoms with Crippen molar-refractivity contribution in [3.63, 3.8) is 0 Å². The highest BCUT2D eigenvalue weighted by molar-refractivity contribution is 6.01. The molecule has 35 heavy (non-hydrogen) atoms. The van der Waals surface area contributed by atoms with Gasteiger partial charge in [0.1, 0.15) is 23.2 Å². The standard InChI is InChI=1S/C29H28FN3O2/c1-4-17-9-7-10-19-21(16-33(27(17)19)15-18-8-5-6-11-22(18)30)25-20(14-31)28(32)35-24-13-29(2,3)12-23(34)26(24)25/h5-11,16,25H,4,12-13,15,32H2,1-3H3. The van der Waals surface area contributed by atoms with Gasteiger partial charge in [0, 0.05) is 35.6 Å². The number of carbonyl (C=O) groups excluding carboxylic acids is 1. The second-order valence-electron chi connectivity index (χ2n) is 10.2. The van der Waals surface area contributed by atoms with Crippen LogP contribution in [0.2, 0.25) is 0 Å². The maximum Gasteiger partial charge on any atom is 0.205 e. The third-order valence-corrected chi connectivity index (χ3v) is 7.08. The van der Waals surface area contributed by atoms with Crippen molar-refractivity contribution in [2.24, 2.45) is 11.1 Å². The molecule has 0 saturated heterocycles. The number of nitrogens with two attached hydrogens (primary N) is 1. The molecule has 1 aromatic heterocycles. The third kappa shape index (κ3) is 3.81. The van der Waals surface area contributed by atoms with E-state index in [0.29, 0.717) is 36.3 Å². The Balaban J connectivity index is 1.76. The minimum absolute atomic E-state index is 0.0249. The molecule has 2 aliphatic rings. The normalized spacial score (nSPS) is 19.5. The molecule has 0 spiro atoms. The Morgan fingerprint density at radius 3 is 2.63 bits per heavy atom. The van der Waals surface area contributed by atoms with E-state index >= 15 is 0 Å². The number of ether oxygens (including phenoxy) is 1. The summed E-state index contributed by atoms with van der Waals surface area (Å²) in [6, 6.07) is 15.0. The monoisotopic (exact) mass is 469 g/mol. The number of benzene rings is 2. The molecule has 5 nitrogen and oxygen atoms in total. The molecule has 2 heterocycles. The van der Waals surface area contributed by atoms with Crippen molar-refractivity contribution in [1.82, 2.24) is 4.57 Å². The van der Waals surface area contributed by atoms with Crippen LogP contribution in [-0.2, 0) is 22.5 Å². The smallest absolute Gasteiger partial charge is 0.205 e. The van der Waals surface area contributed by atoms with Gasteiger partial charge in [0.05, 0.1) is 18.0 Å². The minimum atomic E-state index is -0.621. The van der Waals surface area contributed by atoms with Crippen LogP contribution < -0.4 is 5.73 Å². The molecule has 5 rings (SSSR count). The lowest BCUT2D eigenvalue weighted by atomic mass is 9.70. The molecular formula is C29H28FN3O2. The highest BCUT2D eigenvalue weighted by Gasteiger charge is 2.43. The number of hydrogen-bond acceptors (Lipinski definition) is 4. The summed E-state index contributed by atoms with van der Waals surface area (Å²) in [4.78, 5) is 13.4. The predicted octanol–water partition coefficient (Wildman–Crippen LogP) is 5.84. The molecule has 0 radical (unpaired) electrons. The first-order valence-corrected chi connectivity index (χ1v) is 11.9. The van der Waals surface area contributed by atoms with Crippen LogP contribution in [0.4, 0.5) is 4.39 Å². The average Bonchev–Trinajstić information content (AvgIpc) is 3.17. The lowest BCUT2D eigenvalue weighted by Gasteiger charge is -2.37. The van der Waals surface area contributed by atoms with Crippen LogP contribution in [0.15, 0.2) is 71.4 Å². The molecule has 2 aromatic carbocycles. The molecule has 6 heteroatoms. The van der Waals surface area contributed by atoms with Crippen molar-refractivity contribution in [2.75, 3.05) is 0 Å². The summed E-state index contributed by atoms with van der Waals surface area (Å²) in [6.07, 6.45) is 3.68. The number of allylic oxidation sites excluding steroid dienone is 3. The number of aryl methyl sites for hydroxylation is 1. The van der Waals surface area contributed by atoms with Crippen molar-refractivity contribution >= 4 is 16.7 Å². The Kier molecular flexibility index (Phi) is 5.52. The zero-order chi connectivity index (χ0) is 24.9. The number of nitriles is 1. The number of halogens is 1. The van der Waals surface area contributed by atoms with E-state index in [9.17, 15) is 14.4 Å². The van der Waals surface area contributed by atoms with Gasteiger partial charge < -0.3 is 15.0 Å². The van der Waals surface area contributed by atoms with E-state index in [1.54, 1.807) is 12.1 Å². The van der Waals surface area contributed by atoms with Gasteiger partial charge in [-0.1, -0.05) is 57.2 Å². The largest absolute Gasteiger partial charge is 0.444 e. The maximum atomic E-state index is 14.6. The van der Waals surface area contributed by atoms with E-state index in [4.69, 9.17) is 10.5 Å². The lowest BCUT2D eigenvalue weighted by molar-refractivity contribution is -0.119. The summed E-state index contributed by atoms with van der Waals surface area (Å²) >= 11 is 0. The first-order valence-electron chi connectivity index (χ1n) is 11.9. The molecule has 1 atom stereocenters. The van der Waals surface area contributed by atoms with Gasteiger partial charge in [-0.3, -0.25) is 4.79 Å². The number of ketones is 1. The van der Waals surface area contributed by atoms with Crippen LogP contribution in [-0.4, -0.2) is 10.4 Å². The number of aromatic nitrogens is 1. The van der Waals surface area contributed by atoms with E-state index in [1.165, 1.54) is 6.07 Å². The van der Waals surface area contributed by atoms with Crippen molar-refractivity contribution in [1.29, 1.82) is 5.26 Å². The quantitative estimate of drug-likeness (QED) is 0.520. The summed E-state index contributed by atoms with van der Waals surface area (Å²) in [5.41, 5.74) is 10.2. The number of hydrogen-bond donors (Lipinski definition) is 1. The Morgan fingerprint density at radius 2 is 1.91 bits per heavy atom. The highest BCUT2D eigenvalue weighted by Crippen LogP contribution is 2.49. The number of carbonyl (C=O) groups is 1. The van der Waals surface area contributed by atoms with Crippen LogP contribution in [0, 0.1) is 22.6 Å². The summed E-state index contributed by atoms with van der Waals surface area (Å²) < 4.78 is 22.5. The Morgan fingerprint density at radius 1 is 1.17 bits per heavy atom. The molecule has 178 valence electrons. The molecule has 0 saturated carbocycles. The number of para-hydroxylation sites is 1. The summed E-state index contributed by atoms with van der Waals surface area (Å²) in [6.45, 7) is 6.47. The van der Waals surface area contributed by atoms with Gasteiger partial charge in [-0.15, -0.1) is 0 Å². The Hall–Kier alpha value is -3.85. The molecule has 0 bridgehead atoms. The summed E-state index contributed by atoms with van der Waals surface area (Å²) in [7, 11) is 0. The van der Waals surface area contributed by atoms with Crippen LogP contribution in [0.1, 0.15) is 56.2 Å². The van der Waals surface area contributed by atoms with Crippen LogP contribution in [0.25, 0.3) is 10.9 Å². The van der Waals surface area contributed by atoms with Gasteiger partial charge in [0.25, 0.3) is 0 Å². The minimum Gasteiger partial charge on any atom is -0.444 e. The van der Waals surface area contributed by atoms with Crippen molar-refractivity contribution < 1.29 is 13.9 Å². The molecule has 0 fully saturated rings. The number of fused-ring (bicyclic) bond motifs is 1. The van der Waals surface area contributed by atoms with Crippen molar-refractivity contribution in [3.05, 3.63) is 94.0 Å². The van der Waals surface area contributed by atoms with Crippen LogP contribution in [0.5, 0.6) is 0 Å². The maximum absolute atomic E-state index is 14.6. The fourth-order valence-corrected chi connectivity index (χ4v) is 5.51. The molecule has 1 unspecified atom stereocenters. The predicted molar refractivity (Wildman–Crippen MR) is 133 cm³/mol. The topological polar surface area (TPSA) is 81.0 Å². The third-order valence-electron chi connectivity index (χ3n) is 7.08. The second-order valence-corrected chi connectivity index (χ2v) is 10.2. The van der Waals surface area contributed by atoms with Gasteiger partial charge in [-0.05, 0) is 29.0 Å². The fourth-order valence-electron chi connectivity index (χ4n) is 5.51. The van der Waals surface area contributed by atoms with E-state index < -0.39 is 5.92 Å². The number of Topliss-reactive ketones (excluding diaryl/α,β-unsaturated/α-hetero) is 1. The highest BCUT2D eigenvalue weighted by atomic mass is 19.1. The van der Waals surface area contributed by atoms with Gasteiger partial charge >= 0.3 is 0 Å². The average molecular weight is 470 g/mol. The molecule has 3 aromatic rings. The molecule has 2 N–H and O–H groups in total. The van der Waals surface area contributed by atoms with Gasteiger partial charge in [-0.2, -0.15) is 5.26 Å². The van der Waals surface area contributed by atoms with Crippen LogP contribution >= 0.6 is 0 Å². The van der Waals surface area contributed by atoms with Gasteiger partial charge in [0.2, 0.25) is 5.88 Å². The van der Waals surface area contributed by atoms with Crippen molar-refractivity contribution in [3.8, 4) is 6.07 Å². The Labute approximate surface area is 204 Å². The molecule has 0 amide bonds. The van der Waals surface area contributed by atoms with Gasteiger partial charge in [0.15, 0.2) is 5.78 Å². The molecule has 1 aliphatic heterocycles. The zero-order valence-corrected chi connectivity index (χ0v) is 20.2. The fraction of sp³-hybridized carbons (Fsp3) is 0.310. The van der Waals surface area contributed by atoms with E-state index in [1.807, 2.05) is 42.8 Å². The first-order chi connectivity index (χ1) is 16.7. The number of rotatable bonds is 4. The lowest BCUT2D eigenvalue weighted by Crippen LogP contribution is -2.33. The van der Waals surface area contributed by atoms with E-state index in [-0.39, 0.29) is 28.5 Å². The summed E-state index contributed by atoms with van der Waals surface area (Å²) in [5.74, 6) is -0.322. The summed E-state index contributed by atoms with van der Waals surface area (Å²) in [5, 5.41) is 11.0. The number of nitrogens with zero attached hydrogens (tertiary/aromatic N) is 2. The van der Waals surface area contributed by atoms with Crippen molar-refractivity contribution in [2.45, 2.75) is 52.5 Å². The first kappa shape index (κ1) is 22.9. The van der Waals surface area contributed by atoms with Crippen LogP contribution in [0.3, 0.4) is 0 Å². The molecular weight excluding hydrogens is 441 g/mol. The van der Waals surface area contributed by atoms with E-state index in [0.717, 1.165) is 28.5 Å². The molecule has 1 aliphatic carbocycles. The SMILES string of the molecule is CCc1cccc2c(C3C(C#N)=C(N)OC4=C3C(=O)CC(C)(C)C4)cn(Cc3ccccc3F)c12.